The van der Waals surface area contributed by atoms with Crippen LogP contribution in [0, 0.1) is 11.8 Å². The Morgan fingerprint density at radius 2 is 2.00 bits per heavy atom. The number of hydrogen-bond acceptors (Lipinski definition) is 7. The van der Waals surface area contributed by atoms with Crippen LogP contribution in [0.15, 0.2) is 40.7 Å². The van der Waals surface area contributed by atoms with E-state index in [0.29, 0.717) is 50.3 Å². The van der Waals surface area contributed by atoms with Crippen LogP contribution in [0.25, 0.3) is 0 Å². The van der Waals surface area contributed by atoms with Crippen LogP contribution >= 0.6 is 35.0 Å². The highest BCUT2D eigenvalue weighted by Gasteiger charge is 2.47. The van der Waals surface area contributed by atoms with Gasteiger partial charge in [0.05, 0.1) is 12.7 Å². The molecule has 1 aliphatic heterocycles. The zero-order chi connectivity index (χ0) is 24.3. The van der Waals surface area contributed by atoms with Gasteiger partial charge in [0.15, 0.2) is 5.78 Å². The van der Waals surface area contributed by atoms with Crippen molar-refractivity contribution >= 4 is 52.7 Å². The fraction of sp³-hybridized carbons (Fsp3) is 0.458. The first kappa shape index (κ1) is 25.7. The first-order valence-electron chi connectivity index (χ1n) is 10.7. The van der Waals surface area contributed by atoms with Crippen molar-refractivity contribution in [1.29, 1.82) is 0 Å². The van der Waals surface area contributed by atoms with E-state index < -0.39 is 23.8 Å². The van der Waals surface area contributed by atoms with Crippen molar-refractivity contribution in [2.75, 3.05) is 25.2 Å². The summed E-state index contributed by atoms with van der Waals surface area (Å²) in [5.41, 5.74) is 2.46. The summed E-state index contributed by atoms with van der Waals surface area (Å²) in [7, 11) is 1.26. The topological polar surface area (TPSA) is 81.7 Å². The van der Waals surface area contributed by atoms with Gasteiger partial charge in [0.25, 0.3) is 0 Å². The Balaban J connectivity index is 2.11. The number of hydrogen-bond donors (Lipinski definition) is 1. The third kappa shape index (κ3) is 5.26. The largest absolute Gasteiger partial charge is 0.468 e. The number of carbonyl (C=O) groups is 3. The van der Waals surface area contributed by atoms with Crippen LogP contribution in [0.3, 0.4) is 0 Å². The van der Waals surface area contributed by atoms with E-state index in [0.717, 1.165) is 5.75 Å². The predicted molar refractivity (Wildman–Crippen MR) is 130 cm³/mol. The van der Waals surface area contributed by atoms with E-state index in [1.807, 2.05) is 13.8 Å². The highest BCUT2D eigenvalue weighted by Crippen LogP contribution is 2.47. The van der Waals surface area contributed by atoms with Crippen LogP contribution in [0.4, 0.5) is 0 Å². The minimum atomic E-state index is -0.958. The number of methoxy groups -OCH3 is 1. The molecule has 0 amide bonds. The molecule has 33 heavy (non-hydrogen) atoms. The molecule has 3 atom stereocenters. The number of Topliss-reactive ketones (excluding diaryl/α,β-unsaturated/α-hetero) is 1. The molecule has 1 aliphatic carbocycles. The average Bonchev–Trinajstić information content (AvgIpc) is 2.75. The van der Waals surface area contributed by atoms with Gasteiger partial charge < -0.3 is 14.8 Å². The third-order valence-corrected chi connectivity index (χ3v) is 7.33. The molecule has 1 aromatic carbocycles. The molecule has 0 aromatic heterocycles. The quantitative estimate of drug-likeness (QED) is 0.316. The van der Waals surface area contributed by atoms with Gasteiger partial charge in [-0.05, 0) is 42.7 Å². The fourth-order valence-electron chi connectivity index (χ4n) is 4.41. The second-order valence-electron chi connectivity index (χ2n) is 8.03. The zero-order valence-corrected chi connectivity index (χ0v) is 21.3. The maximum Gasteiger partial charge on any atom is 0.336 e. The molecule has 0 fully saturated rings. The van der Waals surface area contributed by atoms with Crippen molar-refractivity contribution < 1.29 is 23.9 Å². The van der Waals surface area contributed by atoms with Crippen molar-refractivity contribution in [1.82, 2.24) is 5.32 Å². The third-order valence-electron chi connectivity index (χ3n) is 5.90. The van der Waals surface area contributed by atoms with Crippen LogP contribution < -0.4 is 5.32 Å². The lowest BCUT2D eigenvalue weighted by Gasteiger charge is -2.38. The van der Waals surface area contributed by atoms with Gasteiger partial charge in [-0.3, -0.25) is 9.59 Å². The maximum absolute atomic E-state index is 13.7. The Kier molecular flexibility index (Phi) is 8.54. The normalized spacial score (nSPS) is 22.6. The first-order chi connectivity index (χ1) is 15.7. The number of rotatable bonds is 7. The highest BCUT2D eigenvalue weighted by atomic mass is 35.5. The van der Waals surface area contributed by atoms with Crippen molar-refractivity contribution in [2.24, 2.45) is 11.8 Å². The molecule has 0 saturated carbocycles. The summed E-state index contributed by atoms with van der Waals surface area (Å²) in [4.78, 5) is 39.4. The average molecular weight is 512 g/mol. The summed E-state index contributed by atoms with van der Waals surface area (Å²) in [6.07, 6.45) is 0.454. The van der Waals surface area contributed by atoms with Crippen molar-refractivity contribution in [3.63, 3.8) is 0 Å². The van der Waals surface area contributed by atoms with Crippen molar-refractivity contribution in [3.8, 4) is 0 Å². The number of benzene rings is 1. The number of allylic oxidation sites excluding steroid dienone is 3. The van der Waals surface area contributed by atoms with Gasteiger partial charge in [-0.1, -0.05) is 43.1 Å². The maximum atomic E-state index is 13.7. The summed E-state index contributed by atoms with van der Waals surface area (Å²) in [6.45, 7) is 5.89. The van der Waals surface area contributed by atoms with E-state index >= 15 is 0 Å². The summed E-state index contributed by atoms with van der Waals surface area (Å²) in [5.74, 6) is -1.91. The number of ketones is 1. The number of halogens is 2. The lowest BCUT2D eigenvalue weighted by atomic mass is 9.69. The second-order valence-corrected chi connectivity index (χ2v) is 10.3. The molecule has 1 aromatic rings. The van der Waals surface area contributed by atoms with E-state index in [-0.39, 0.29) is 18.3 Å². The molecule has 0 radical (unpaired) electrons. The van der Waals surface area contributed by atoms with E-state index in [1.165, 1.54) is 7.11 Å². The summed E-state index contributed by atoms with van der Waals surface area (Å²) >= 11 is 14.3. The fourth-order valence-corrected chi connectivity index (χ4v) is 5.42. The molecule has 0 spiro atoms. The van der Waals surface area contributed by atoms with Gasteiger partial charge >= 0.3 is 11.9 Å². The monoisotopic (exact) mass is 511 g/mol. The van der Waals surface area contributed by atoms with Gasteiger partial charge in [0, 0.05) is 38.7 Å². The predicted octanol–water partition coefficient (Wildman–Crippen LogP) is 4.90. The van der Waals surface area contributed by atoms with Crippen LogP contribution in [0.2, 0.25) is 10.0 Å². The number of thioether (sulfide) groups is 1. The molecule has 3 rings (SSSR count). The molecule has 9 heteroatoms. The zero-order valence-electron chi connectivity index (χ0n) is 19.0. The summed E-state index contributed by atoms with van der Waals surface area (Å²) in [6, 6.07) is 4.94. The minimum Gasteiger partial charge on any atom is -0.468 e. The van der Waals surface area contributed by atoms with Gasteiger partial charge in [-0.25, -0.2) is 4.79 Å². The number of carbonyl (C=O) groups excluding carboxylic acids is 3. The van der Waals surface area contributed by atoms with Crippen LogP contribution in [0.1, 0.15) is 38.7 Å². The summed E-state index contributed by atoms with van der Waals surface area (Å²) in [5, 5.41) is 3.99. The molecule has 6 nitrogen and oxygen atoms in total. The van der Waals surface area contributed by atoms with Crippen LogP contribution in [0.5, 0.6) is 0 Å². The Bertz CT molecular complexity index is 1040. The number of ether oxygens (including phenoxy) is 2. The number of dihydropyridines is 1. The lowest BCUT2D eigenvalue weighted by molar-refractivity contribution is -0.151. The van der Waals surface area contributed by atoms with E-state index in [2.05, 4.69) is 5.32 Å². The SMILES string of the molecule is CCSCCOC(=O)C1=C(C)NC2=C(C(=O)[C@H](C(=O)OC)[C@H](C)C2)[C@@H]1c1ccc(Cl)cc1Cl. The minimum absolute atomic E-state index is 0.247. The Morgan fingerprint density at radius 3 is 2.64 bits per heavy atom. The molecule has 0 bridgehead atoms. The molecule has 0 unspecified atom stereocenters. The number of nitrogens with one attached hydrogen (secondary N) is 1. The van der Waals surface area contributed by atoms with Crippen LogP contribution in [-0.2, 0) is 23.9 Å². The smallest absolute Gasteiger partial charge is 0.336 e. The van der Waals surface area contributed by atoms with E-state index in [9.17, 15) is 14.4 Å². The lowest BCUT2D eigenvalue weighted by Crippen LogP contribution is -2.43. The molecule has 2 aliphatic rings. The summed E-state index contributed by atoms with van der Waals surface area (Å²) < 4.78 is 10.5. The molecular formula is C24H27Cl2NO5S. The molecule has 0 saturated heterocycles. The Labute approximate surface area is 208 Å². The standard InChI is InChI=1S/C24H27Cl2NO5S/c1-5-33-9-8-32-24(30)19-13(3)27-17-10-12(2)18(23(29)31-4)22(28)21(17)20(19)15-7-6-14(25)11-16(15)26/h6-7,11-12,18,20,27H,5,8-10H2,1-4H3/t12-,18-,20-/m1/s1. The van der Waals surface area contributed by atoms with Crippen molar-refractivity contribution in [3.05, 3.63) is 56.3 Å². The molecular weight excluding hydrogens is 485 g/mol. The molecule has 1 heterocycles. The first-order valence-corrected chi connectivity index (χ1v) is 12.6. The molecule has 1 N–H and O–H groups in total. The van der Waals surface area contributed by atoms with Gasteiger partial charge in [0.2, 0.25) is 0 Å². The van der Waals surface area contributed by atoms with E-state index in [1.54, 1.807) is 36.9 Å². The van der Waals surface area contributed by atoms with Gasteiger partial charge in [0.1, 0.15) is 12.5 Å². The second kappa shape index (κ2) is 11.0. The van der Waals surface area contributed by atoms with E-state index in [4.69, 9.17) is 32.7 Å². The Hall–Kier alpha value is -1.96. The Morgan fingerprint density at radius 1 is 1.27 bits per heavy atom. The molecule has 178 valence electrons. The van der Waals surface area contributed by atoms with Gasteiger partial charge in [-0.15, -0.1) is 0 Å². The van der Waals surface area contributed by atoms with Crippen LogP contribution in [-0.4, -0.2) is 42.9 Å². The highest BCUT2D eigenvalue weighted by molar-refractivity contribution is 7.99. The van der Waals surface area contributed by atoms with Gasteiger partial charge in [-0.2, -0.15) is 11.8 Å². The van der Waals surface area contributed by atoms with Crippen molar-refractivity contribution in [2.45, 2.75) is 33.1 Å². The number of esters is 2.